The van der Waals surface area contributed by atoms with Crippen LogP contribution in [0.25, 0.3) is 11.1 Å². The Morgan fingerprint density at radius 2 is 2.09 bits per heavy atom. The van der Waals surface area contributed by atoms with E-state index in [4.69, 9.17) is 9.15 Å². The van der Waals surface area contributed by atoms with E-state index in [1.807, 2.05) is 0 Å². The Bertz CT molecular complexity index is 858. The van der Waals surface area contributed by atoms with E-state index in [2.05, 4.69) is 10.3 Å². The number of carbonyl (C=O) groups excluding carboxylic acids is 1. The van der Waals surface area contributed by atoms with E-state index < -0.39 is 11.7 Å². The molecule has 0 unspecified atom stereocenters. The number of halogens is 1. The Hall–Kier alpha value is -2.89. The zero-order chi connectivity index (χ0) is 15.7. The van der Waals surface area contributed by atoms with E-state index in [1.54, 1.807) is 25.1 Å². The molecule has 1 heterocycles. The molecule has 0 aliphatic carbocycles. The minimum atomic E-state index is -0.506. The number of methoxy groups -OCH3 is 1. The summed E-state index contributed by atoms with van der Waals surface area (Å²) in [6, 6.07) is 8.88. The summed E-state index contributed by atoms with van der Waals surface area (Å²) in [5.41, 5.74) is 1.94. The molecular formula is C16H13FN2O3. The quantitative estimate of drug-likeness (QED) is 0.803. The average Bonchev–Trinajstić information content (AvgIpc) is 2.86. The van der Waals surface area contributed by atoms with Crippen molar-refractivity contribution in [3.05, 3.63) is 53.7 Å². The maximum Gasteiger partial charge on any atom is 0.259 e. The van der Waals surface area contributed by atoms with Gasteiger partial charge in [-0.1, -0.05) is 0 Å². The first-order chi connectivity index (χ1) is 10.6. The summed E-state index contributed by atoms with van der Waals surface area (Å²) in [6.45, 7) is 1.75. The topological polar surface area (TPSA) is 64.4 Å². The zero-order valence-corrected chi connectivity index (χ0v) is 12.0. The van der Waals surface area contributed by atoms with Gasteiger partial charge in [-0.2, -0.15) is 0 Å². The number of hydrogen-bond donors (Lipinski definition) is 1. The summed E-state index contributed by atoms with van der Waals surface area (Å²) in [6.07, 6.45) is 0. The molecule has 0 bridgehead atoms. The van der Waals surface area contributed by atoms with Gasteiger partial charge in [0.2, 0.25) is 0 Å². The maximum absolute atomic E-state index is 13.3. The first kappa shape index (κ1) is 14.1. The molecule has 0 aliphatic heterocycles. The van der Waals surface area contributed by atoms with Gasteiger partial charge in [-0.05, 0) is 36.4 Å². The molecule has 22 heavy (non-hydrogen) atoms. The minimum absolute atomic E-state index is 0.124. The molecule has 2 aromatic carbocycles. The highest BCUT2D eigenvalue weighted by molar-refractivity contribution is 6.06. The molecule has 0 atom stereocenters. The lowest BCUT2D eigenvalue weighted by molar-refractivity contribution is 0.102. The first-order valence-corrected chi connectivity index (χ1v) is 6.59. The Morgan fingerprint density at radius 3 is 2.86 bits per heavy atom. The number of fused-ring (bicyclic) bond motifs is 1. The van der Waals surface area contributed by atoms with E-state index in [-0.39, 0.29) is 5.56 Å². The molecule has 1 aromatic heterocycles. The third kappa shape index (κ3) is 2.63. The van der Waals surface area contributed by atoms with E-state index in [1.165, 1.54) is 19.2 Å². The number of oxazole rings is 1. The molecule has 0 saturated carbocycles. The molecule has 0 aliphatic rings. The molecule has 0 radical (unpaired) electrons. The van der Waals surface area contributed by atoms with Crippen LogP contribution < -0.4 is 10.1 Å². The Labute approximate surface area is 125 Å². The summed E-state index contributed by atoms with van der Waals surface area (Å²) < 4.78 is 23.8. The van der Waals surface area contributed by atoms with Crippen LogP contribution in [0, 0.1) is 12.7 Å². The number of aromatic nitrogens is 1. The van der Waals surface area contributed by atoms with Crippen molar-refractivity contribution in [2.24, 2.45) is 0 Å². The second-order valence-corrected chi connectivity index (χ2v) is 4.71. The minimum Gasteiger partial charge on any atom is -0.496 e. The van der Waals surface area contributed by atoms with Gasteiger partial charge in [0.15, 0.2) is 11.5 Å². The predicted molar refractivity (Wildman–Crippen MR) is 79.7 cm³/mol. The molecule has 0 saturated heterocycles. The van der Waals surface area contributed by atoms with Crippen molar-refractivity contribution in [2.75, 3.05) is 12.4 Å². The van der Waals surface area contributed by atoms with Gasteiger partial charge in [0.05, 0.1) is 12.7 Å². The lowest BCUT2D eigenvalue weighted by Gasteiger charge is -2.09. The number of nitrogens with zero attached hydrogens (tertiary/aromatic N) is 1. The molecule has 6 heteroatoms. The fourth-order valence-corrected chi connectivity index (χ4v) is 2.18. The van der Waals surface area contributed by atoms with Gasteiger partial charge in [-0.25, -0.2) is 9.37 Å². The molecule has 112 valence electrons. The monoisotopic (exact) mass is 300 g/mol. The van der Waals surface area contributed by atoms with Crippen molar-refractivity contribution in [1.82, 2.24) is 4.98 Å². The number of anilines is 1. The number of aryl methyl sites for hydroxylation is 1. The lowest BCUT2D eigenvalue weighted by Crippen LogP contribution is -2.13. The third-order valence-electron chi connectivity index (χ3n) is 3.16. The normalized spacial score (nSPS) is 10.7. The second kappa shape index (κ2) is 5.48. The number of nitrogens with one attached hydrogen (secondary N) is 1. The van der Waals surface area contributed by atoms with Crippen molar-refractivity contribution >= 4 is 22.7 Å². The number of hydrogen-bond acceptors (Lipinski definition) is 4. The molecule has 1 N–H and O–H groups in total. The maximum atomic E-state index is 13.3. The smallest absolute Gasteiger partial charge is 0.259 e. The van der Waals surface area contributed by atoms with Crippen LogP contribution in [0.4, 0.5) is 10.1 Å². The van der Waals surface area contributed by atoms with Crippen molar-refractivity contribution in [1.29, 1.82) is 0 Å². The first-order valence-electron chi connectivity index (χ1n) is 6.59. The second-order valence-electron chi connectivity index (χ2n) is 4.71. The number of amides is 1. The highest BCUT2D eigenvalue weighted by Crippen LogP contribution is 2.23. The van der Waals surface area contributed by atoms with Gasteiger partial charge in [0, 0.05) is 12.6 Å². The van der Waals surface area contributed by atoms with Gasteiger partial charge in [-0.3, -0.25) is 4.79 Å². The van der Waals surface area contributed by atoms with Crippen LogP contribution in [0.5, 0.6) is 5.75 Å². The van der Waals surface area contributed by atoms with Crippen LogP contribution in [0.3, 0.4) is 0 Å². The standard InChI is InChI=1S/C16H13FN2O3/c1-9-18-13-8-11(4-6-15(13)22-9)19-16(20)12-7-10(17)3-5-14(12)21-2/h3-8H,1-2H3,(H,19,20). The van der Waals surface area contributed by atoms with E-state index in [0.29, 0.717) is 28.4 Å². The van der Waals surface area contributed by atoms with Crippen molar-refractivity contribution in [3.63, 3.8) is 0 Å². The Morgan fingerprint density at radius 1 is 1.27 bits per heavy atom. The fourth-order valence-electron chi connectivity index (χ4n) is 2.18. The van der Waals surface area contributed by atoms with Crippen LogP contribution >= 0.6 is 0 Å². The summed E-state index contributed by atoms with van der Waals surface area (Å²) in [5.74, 6) is -0.119. The van der Waals surface area contributed by atoms with Crippen LogP contribution in [-0.2, 0) is 0 Å². The fraction of sp³-hybridized carbons (Fsp3) is 0.125. The number of carbonyl (C=O) groups is 1. The molecule has 0 spiro atoms. The largest absolute Gasteiger partial charge is 0.496 e. The zero-order valence-electron chi connectivity index (χ0n) is 12.0. The number of rotatable bonds is 3. The molecule has 3 rings (SSSR count). The van der Waals surface area contributed by atoms with E-state index in [0.717, 1.165) is 6.07 Å². The Kier molecular flexibility index (Phi) is 3.50. The Balaban J connectivity index is 1.90. The van der Waals surface area contributed by atoms with Crippen LogP contribution in [0.15, 0.2) is 40.8 Å². The van der Waals surface area contributed by atoms with Crippen LogP contribution in [0.1, 0.15) is 16.2 Å². The van der Waals surface area contributed by atoms with Gasteiger partial charge >= 0.3 is 0 Å². The van der Waals surface area contributed by atoms with Crippen molar-refractivity contribution in [3.8, 4) is 5.75 Å². The van der Waals surface area contributed by atoms with Crippen LogP contribution in [-0.4, -0.2) is 18.0 Å². The number of ether oxygens (including phenoxy) is 1. The van der Waals surface area contributed by atoms with E-state index in [9.17, 15) is 9.18 Å². The lowest BCUT2D eigenvalue weighted by atomic mass is 10.1. The molecule has 1 amide bonds. The molecule has 5 nitrogen and oxygen atoms in total. The third-order valence-corrected chi connectivity index (χ3v) is 3.16. The molecular weight excluding hydrogens is 287 g/mol. The number of benzene rings is 2. The van der Waals surface area contributed by atoms with Gasteiger partial charge in [0.1, 0.15) is 17.1 Å². The molecule has 3 aromatic rings. The van der Waals surface area contributed by atoms with Crippen molar-refractivity contribution < 1.29 is 18.3 Å². The van der Waals surface area contributed by atoms with Gasteiger partial charge in [-0.15, -0.1) is 0 Å². The summed E-state index contributed by atoms with van der Waals surface area (Å²) in [7, 11) is 1.42. The average molecular weight is 300 g/mol. The van der Waals surface area contributed by atoms with E-state index >= 15 is 0 Å². The SMILES string of the molecule is COc1ccc(F)cc1C(=O)Nc1ccc2oc(C)nc2c1. The van der Waals surface area contributed by atoms with Crippen LogP contribution in [0.2, 0.25) is 0 Å². The van der Waals surface area contributed by atoms with Crippen molar-refractivity contribution in [2.45, 2.75) is 6.92 Å². The summed E-state index contributed by atoms with van der Waals surface area (Å²) in [4.78, 5) is 16.5. The molecule has 0 fully saturated rings. The predicted octanol–water partition coefficient (Wildman–Crippen LogP) is 3.54. The highest BCUT2D eigenvalue weighted by atomic mass is 19.1. The van der Waals surface area contributed by atoms with Gasteiger partial charge in [0.25, 0.3) is 5.91 Å². The summed E-state index contributed by atoms with van der Waals surface area (Å²) in [5, 5.41) is 2.69. The highest BCUT2D eigenvalue weighted by Gasteiger charge is 2.14. The summed E-state index contributed by atoms with van der Waals surface area (Å²) >= 11 is 0. The van der Waals surface area contributed by atoms with Gasteiger partial charge < -0.3 is 14.5 Å².